The number of rotatable bonds is 5. The van der Waals surface area contributed by atoms with Crippen LogP contribution in [0.3, 0.4) is 0 Å². The number of carbonyl (C=O) groups is 1. The quantitative estimate of drug-likeness (QED) is 0.694. The highest BCUT2D eigenvalue weighted by molar-refractivity contribution is 5.95. The molecule has 0 bridgehead atoms. The summed E-state index contributed by atoms with van der Waals surface area (Å²) in [6.45, 7) is 0.376. The van der Waals surface area contributed by atoms with E-state index in [1.807, 2.05) is 30.3 Å². The second-order valence-electron chi connectivity index (χ2n) is 5.94. The second kappa shape index (κ2) is 7.82. The maximum Gasteiger partial charge on any atom is 0.356 e. The Morgan fingerprint density at radius 1 is 1.15 bits per heavy atom. The summed E-state index contributed by atoms with van der Waals surface area (Å²) >= 11 is 0. The zero-order valence-electron chi connectivity index (χ0n) is 14.9. The first-order chi connectivity index (χ1) is 13.0. The van der Waals surface area contributed by atoms with Crippen molar-refractivity contribution in [3.05, 3.63) is 88.2 Å². The normalized spacial score (nSPS) is 10.5. The van der Waals surface area contributed by atoms with Crippen LogP contribution < -0.4 is 15.3 Å². The lowest BCUT2D eigenvalue weighted by molar-refractivity contribution is 0.0952. The Morgan fingerprint density at radius 3 is 2.44 bits per heavy atom. The highest BCUT2D eigenvalue weighted by atomic mass is 19.1. The van der Waals surface area contributed by atoms with Gasteiger partial charge >= 0.3 is 5.69 Å². The molecule has 0 saturated carbocycles. The molecule has 0 N–H and O–H groups in total. The van der Waals surface area contributed by atoms with Crippen LogP contribution in [0.4, 0.5) is 10.2 Å². The summed E-state index contributed by atoms with van der Waals surface area (Å²) in [5.41, 5.74) is 0.330. The van der Waals surface area contributed by atoms with E-state index in [0.717, 1.165) is 11.8 Å². The Morgan fingerprint density at radius 2 is 1.81 bits per heavy atom. The third-order valence-electron chi connectivity index (χ3n) is 4.04. The summed E-state index contributed by atoms with van der Waals surface area (Å²) in [5.74, 6) is -0.954. The SMILES string of the molecule is COc1ccc(C(=O)n2cc(F)c(N(C)Cc3ccccc3)nc2=O)cc1. The zero-order chi connectivity index (χ0) is 19.4. The molecule has 0 aliphatic carbocycles. The third kappa shape index (κ3) is 4.03. The van der Waals surface area contributed by atoms with Gasteiger partial charge in [0.1, 0.15) is 5.75 Å². The molecule has 0 aliphatic rings. The minimum absolute atomic E-state index is 0.109. The molecule has 0 fully saturated rings. The van der Waals surface area contributed by atoms with Crippen molar-refractivity contribution >= 4 is 11.7 Å². The lowest BCUT2D eigenvalue weighted by Crippen LogP contribution is -2.32. The molecule has 3 rings (SSSR count). The molecule has 6 nitrogen and oxygen atoms in total. The van der Waals surface area contributed by atoms with Gasteiger partial charge in [0.05, 0.1) is 13.3 Å². The van der Waals surface area contributed by atoms with E-state index in [-0.39, 0.29) is 11.4 Å². The number of nitrogens with zero attached hydrogens (tertiary/aromatic N) is 3. The predicted molar refractivity (Wildman–Crippen MR) is 99.7 cm³/mol. The number of benzene rings is 2. The number of hydrogen-bond acceptors (Lipinski definition) is 5. The standard InChI is InChI=1S/C20H18FN3O3/c1-23(12-14-6-4-3-5-7-14)18-17(21)13-24(20(26)22-18)19(25)15-8-10-16(27-2)11-9-15/h3-11,13H,12H2,1-2H3. The highest BCUT2D eigenvalue weighted by Crippen LogP contribution is 2.16. The second-order valence-corrected chi connectivity index (χ2v) is 5.94. The fourth-order valence-electron chi connectivity index (χ4n) is 2.64. The van der Waals surface area contributed by atoms with Gasteiger partial charge in [-0.25, -0.2) is 13.8 Å². The molecule has 0 aliphatic heterocycles. The Hall–Kier alpha value is -3.48. The summed E-state index contributed by atoms with van der Waals surface area (Å²) in [4.78, 5) is 30.1. The number of aromatic nitrogens is 2. The van der Waals surface area contributed by atoms with Crippen molar-refractivity contribution in [2.75, 3.05) is 19.1 Å². The first kappa shape index (κ1) is 18.3. The van der Waals surface area contributed by atoms with Crippen LogP contribution in [0.15, 0.2) is 65.6 Å². The Labute approximate surface area is 155 Å². The van der Waals surface area contributed by atoms with E-state index in [1.165, 1.54) is 24.1 Å². The van der Waals surface area contributed by atoms with Crippen LogP contribution in [0.1, 0.15) is 15.9 Å². The number of anilines is 1. The summed E-state index contributed by atoms with van der Waals surface area (Å²) in [5, 5.41) is 0. The van der Waals surface area contributed by atoms with Crippen LogP contribution in [0, 0.1) is 5.82 Å². The molecule has 3 aromatic rings. The average Bonchev–Trinajstić information content (AvgIpc) is 2.69. The van der Waals surface area contributed by atoms with Crippen molar-refractivity contribution in [1.82, 2.24) is 9.55 Å². The molecule has 0 saturated heterocycles. The largest absolute Gasteiger partial charge is 0.497 e. The van der Waals surface area contributed by atoms with Crippen molar-refractivity contribution in [1.29, 1.82) is 0 Å². The summed E-state index contributed by atoms with van der Waals surface area (Å²) in [7, 11) is 3.14. The number of methoxy groups -OCH3 is 1. The molecule has 0 atom stereocenters. The van der Waals surface area contributed by atoms with Crippen molar-refractivity contribution < 1.29 is 13.9 Å². The van der Waals surface area contributed by atoms with Gasteiger partial charge in [-0.1, -0.05) is 30.3 Å². The van der Waals surface area contributed by atoms with Crippen molar-refractivity contribution in [2.45, 2.75) is 6.54 Å². The van der Waals surface area contributed by atoms with Crippen molar-refractivity contribution in [3.63, 3.8) is 0 Å². The molecule has 2 aromatic carbocycles. The molecular formula is C20H18FN3O3. The van der Waals surface area contributed by atoms with E-state index < -0.39 is 17.4 Å². The van der Waals surface area contributed by atoms with Crippen LogP contribution in [0.25, 0.3) is 0 Å². The molecule has 138 valence electrons. The average molecular weight is 367 g/mol. The van der Waals surface area contributed by atoms with Crippen LogP contribution >= 0.6 is 0 Å². The van der Waals surface area contributed by atoms with Gasteiger partial charge in [-0.2, -0.15) is 4.98 Å². The van der Waals surface area contributed by atoms with E-state index in [4.69, 9.17) is 4.74 Å². The molecule has 0 radical (unpaired) electrons. The molecule has 7 heteroatoms. The summed E-state index contributed by atoms with van der Waals surface area (Å²) < 4.78 is 20.2. The van der Waals surface area contributed by atoms with Gasteiger partial charge in [0, 0.05) is 19.2 Å². The number of carbonyl (C=O) groups excluding carboxylic acids is 1. The van der Waals surface area contributed by atoms with Gasteiger partial charge in [0.2, 0.25) is 0 Å². The molecule has 27 heavy (non-hydrogen) atoms. The van der Waals surface area contributed by atoms with Gasteiger partial charge in [-0.15, -0.1) is 0 Å². The van der Waals surface area contributed by atoms with Crippen molar-refractivity contribution in [3.8, 4) is 5.75 Å². The predicted octanol–water partition coefficient (Wildman–Crippen LogP) is 2.72. The molecule has 0 unspecified atom stereocenters. The Bertz CT molecular complexity index is 1000. The van der Waals surface area contributed by atoms with Gasteiger partial charge in [-0.05, 0) is 29.8 Å². The van der Waals surface area contributed by atoms with E-state index >= 15 is 0 Å². The lowest BCUT2D eigenvalue weighted by atomic mass is 10.2. The van der Waals surface area contributed by atoms with Gasteiger partial charge in [-0.3, -0.25) is 4.79 Å². The smallest absolute Gasteiger partial charge is 0.356 e. The molecule has 0 spiro atoms. The molecule has 0 amide bonds. The van der Waals surface area contributed by atoms with Crippen LogP contribution in [0.2, 0.25) is 0 Å². The molecule has 1 aromatic heterocycles. The maximum absolute atomic E-state index is 14.5. The summed E-state index contributed by atoms with van der Waals surface area (Å²) in [6, 6.07) is 15.6. The molecular weight excluding hydrogens is 349 g/mol. The van der Waals surface area contributed by atoms with E-state index in [2.05, 4.69) is 4.98 Å². The minimum Gasteiger partial charge on any atom is -0.497 e. The minimum atomic E-state index is -0.841. The first-order valence-corrected chi connectivity index (χ1v) is 8.22. The summed E-state index contributed by atoms with van der Waals surface area (Å²) in [6.07, 6.45) is 0.874. The first-order valence-electron chi connectivity index (χ1n) is 8.22. The monoisotopic (exact) mass is 367 g/mol. The van der Waals surface area contributed by atoms with Gasteiger partial charge in [0.15, 0.2) is 11.6 Å². The fourth-order valence-corrected chi connectivity index (χ4v) is 2.64. The highest BCUT2D eigenvalue weighted by Gasteiger charge is 2.17. The van der Waals surface area contributed by atoms with Gasteiger partial charge in [0.25, 0.3) is 5.91 Å². The third-order valence-corrected chi connectivity index (χ3v) is 4.04. The van der Waals surface area contributed by atoms with Crippen LogP contribution in [-0.2, 0) is 6.54 Å². The lowest BCUT2D eigenvalue weighted by Gasteiger charge is -2.19. The van der Waals surface area contributed by atoms with Crippen molar-refractivity contribution in [2.24, 2.45) is 0 Å². The zero-order valence-corrected chi connectivity index (χ0v) is 14.9. The number of hydrogen-bond donors (Lipinski definition) is 0. The number of ether oxygens (including phenoxy) is 1. The van der Waals surface area contributed by atoms with E-state index in [0.29, 0.717) is 16.9 Å². The molecule has 1 heterocycles. The number of halogens is 1. The Kier molecular flexibility index (Phi) is 5.30. The van der Waals surface area contributed by atoms with E-state index in [9.17, 15) is 14.0 Å². The van der Waals surface area contributed by atoms with Gasteiger partial charge < -0.3 is 9.64 Å². The van der Waals surface area contributed by atoms with Crippen LogP contribution in [0.5, 0.6) is 5.75 Å². The maximum atomic E-state index is 14.5. The topological polar surface area (TPSA) is 64.4 Å². The van der Waals surface area contributed by atoms with E-state index in [1.54, 1.807) is 19.2 Å². The van der Waals surface area contributed by atoms with Crippen LogP contribution in [-0.4, -0.2) is 29.6 Å². The Balaban J connectivity index is 1.87. The fraction of sp³-hybridized carbons (Fsp3) is 0.150.